The number of halogens is 3. The summed E-state index contributed by atoms with van der Waals surface area (Å²) in [6, 6.07) is 7.68. The molecule has 0 bridgehead atoms. The first-order valence-corrected chi connectivity index (χ1v) is 13.9. The van der Waals surface area contributed by atoms with E-state index in [0.717, 1.165) is 30.2 Å². The highest BCUT2D eigenvalue weighted by atomic mass is 35.5. The summed E-state index contributed by atoms with van der Waals surface area (Å²) in [5.74, 6) is -1.06. The van der Waals surface area contributed by atoms with Crippen molar-refractivity contribution in [3.8, 4) is 11.3 Å². The minimum Gasteiger partial charge on any atom is -0.478 e. The molecule has 0 aliphatic heterocycles. The second kappa shape index (κ2) is 9.88. The number of nitrogens with zero attached hydrogens (tertiary/aromatic N) is 2. The van der Waals surface area contributed by atoms with Crippen molar-refractivity contribution in [1.82, 2.24) is 10.1 Å². The van der Waals surface area contributed by atoms with Crippen LogP contribution < -0.4 is 0 Å². The zero-order valence-electron chi connectivity index (χ0n) is 20.0. The quantitative estimate of drug-likeness (QED) is 0.237. The highest BCUT2D eigenvalue weighted by molar-refractivity contribution is 7.18. The van der Waals surface area contributed by atoms with E-state index in [9.17, 15) is 19.4 Å². The van der Waals surface area contributed by atoms with E-state index in [1.165, 1.54) is 17.4 Å². The molecule has 2 aromatic heterocycles. The lowest BCUT2D eigenvalue weighted by atomic mass is 9.83. The van der Waals surface area contributed by atoms with Crippen molar-refractivity contribution in [1.29, 1.82) is 0 Å². The van der Waals surface area contributed by atoms with E-state index in [4.69, 9.17) is 32.5 Å². The maximum Gasteiger partial charge on any atom is 0.338 e. The van der Waals surface area contributed by atoms with E-state index in [1.54, 1.807) is 18.2 Å². The molecule has 2 aromatic carbocycles. The third-order valence-electron chi connectivity index (χ3n) is 7.30. The van der Waals surface area contributed by atoms with Crippen molar-refractivity contribution < 1.29 is 28.7 Å². The van der Waals surface area contributed by atoms with Crippen molar-refractivity contribution >= 4 is 50.7 Å². The van der Waals surface area contributed by atoms with Crippen LogP contribution in [0, 0.1) is 5.82 Å². The summed E-state index contributed by atoms with van der Waals surface area (Å²) in [6.45, 7) is 0.285. The van der Waals surface area contributed by atoms with Crippen LogP contribution in [0.25, 0.3) is 21.5 Å². The zero-order valence-corrected chi connectivity index (χ0v) is 22.4. The first kappa shape index (κ1) is 25.7. The van der Waals surface area contributed by atoms with Gasteiger partial charge in [0, 0.05) is 23.1 Å². The van der Waals surface area contributed by atoms with E-state index < -0.39 is 23.0 Å². The molecule has 2 N–H and O–H groups in total. The Morgan fingerprint density at radius 3 is 2.55 bits per heavy atom. The first-order valence-electron chi connectivity index (χ1n) is 12.3. The number of aliphatic hydroxyl groups is 1. The minimum atomic E-state index is -1.34. The Kier molecular flexibility index (Phi) is 6.68. The predicted octanol–water partition coefficient (Wildman–Crippen LogP) is 7.32. The molecule has 198 valence electrons. The summed E-state index contributed by atoms with van der Waals surface area (Å²) >= 11 is 14.1. The lowest BCUT2D eigenvalue weighted by Gasteiger charge is -2.34. The molecule has 7 nitrogen and oxygen atoms in total. The molecule has 0 amide bonds. The molecule has 2 aliphatic rings. The van der Waals surface area contributed by atoms with E-state index >= 15 is 0 Å². The molecule has 0 unspecified atom stereocenters. The fourth-order valence-corrected chi connectivity index (χ4v) is 6.72. The maximum absolute atomic E-state index is 14.1. The van der Waals surface area contributed by atoms with Crippen LogP contribution >= 0.6 is 34.5 Å². The molecule has 2 heterocycles. The molecule has 0 atom stereocenters. The number of hydrogen-bond acceptors (Lipinski definition) is 7. The Hall–Kier alpha value is -2.56. The Bertz CT molecular complexity index is 1520. The molecule has 0 saturated heterocycles. The number of benzene rings is 2. The summed E-state index contributed by atoms with van der Waals surface area (Å²) in [4.78, 5) is 15.7. The number of aromatic nitrogens is 2. The van der Waals surface area contributed by atoms with Crippen LogP contribution in [-0.2, 0) is 16.9 Å². The second-order valence-corrected chi connectivity index (χ2v) is 11.8. The van der Waals surface area contributed by atoms with E-state index in [2.05, 4.69) is 10.1 Å². The van der Waals surface area contributed by atoms with Crippen molar-refractivity contribution in [3.63, 3.8) is 0 Å². The highest BCUT2D eigenvalue weighted by Gasteiger charge is 2.39. The molecule has 11 heteroatoms. The number of thiazole rings is 1. The molecular formula is C27H23Cl2FN2O5S. The van der Waals surface area contributed by atoms with Crippen LogP contribution in [0.2, 0.25) is 10.0 Å². The molecule has 0 radical (unpaired) electrons. The molecule has 0 spiro atoms. The first-order chi connectivity index (χ1) is 18.2. The van der Waals surface area contributed by atoms with Gasteiger partial charge in [0.05, 0.1) is 38.5 Å². The molecule has 2 aliphatic carbocycles. The third kappa shape index (κ3) is 4.71. The normalized spacial score (nSPS) is 21.7. The monoisotopic (exact) mass is 576 g/mol. The van der Waals surface area contributed by atoms with Crippen LogP contribution in [0.4, 0.5) is 4.39 Å². The molecule has 6 rings (SSSR count). The molecule has 4 aromatic rings. The van der Waals surface area contributed by atoms with Crippen LogP contribution in [0.5, 0.6) is 0 Å². The lowest BCUT2D eigenvalue weighted by Crippen LogP contribution is -2.34. The summed E-state index contributed by atoms with van der Waals surface area (Å²) in [5.41, 5.74) is 0.818. The fourth-order valence-electron chi connectivity index (χ4n) is 5.01. The summed E-state index contributed by atoms with van der Waals surface area (Å²) in [7, 11) is 0. The highest BCUT2D eigenvalue weighted by Crippen LogP contribution is 2.47. The van der Waals surface area contributed by atoms with Crippen LogP contribution in [0.3, 0.4) is 0 Å². The van der Waals surface area contributed by atoms with Gasteiger partial charge < -0.3 is 19.5 Å². The smallest absolute Gasteiger partial charge is 0.338 e. The van der Waals surface area contributed by atoms with Crippen molar-refractivity contribution in [2.75, 3.05) is 0 Å². The molecule has 2 fully saturated rings. The number of rotatable bonds is 7. The largest absolute Gasteiger partial charge is 0.478 e. The minimum absolute atomic E-state index is 0.0998. The number of ether oxygens (including phenoxy) is 1. The average molecular weight is 577 g/mol. The van der Waals surface area contributed by atoms with Gasteiger partial charge in [-0.25, -0.2) is 14.2 Å². The van der Waals surface area contributed by atoms with Crippen molar-refractivity contribution in [2.45, 2.75) is 62.8 Å². The number of carboxylic acids is 1. The van der Waals surface area contributed by atoms with E-state index in [-0.39, 0.29) is 12.7 Å². The number of carbonyl (C=O) groups is 1. The van der Waals surface area contributed by atoms with Crippen LogP contribution in [0.1, 0.15) is 71.1 Å². The van der Waals surface area contributed by atoms with Gasteiger partial charge >= 0.3 is 5.97 Å². The summed E-state index contributed by atoms with van der Waals surface area (Å²) < 4.78 is 26.7. The topological polar surface area (TPSA) is 106 Å². The summed E-state index contributed by atoms with van der Waals surface area (Å²) in [5, 5.41) is 26.3. The number of aromatic carboxylic acids is 1. The lowest BCUT2D eigenvalue weighted by molar-refractivity contribution is -0.0640. The molecular weight excluding hydrogens is 554 g/mol. The van der Waals surface area contributed by atoms with Gasteiger partial charge in [-0.15, -0.1) is 11.3 Å². The van der Waals surface area contributed by atoms with Crippen molar-refractivity contribution in [3.05, 3.63) is 68.1 Å². The molecule has 2 saturated carbocycles. The van der Waals surface area contributed by atoms with Gasteiger partial charge in [0.2, 0.25) is 0 Å². The second-order valence-electron chi connectivity index (χ2n) is 9.91. The van der Waals surface area contributed by atoms with Crippen molar-refractivity contribution in [2.24, 2.45) is 0 Å². The Labute approximate surface area is 231 Å². The third-order valence-corrected chi connectivity index (χ3v) is 9.14. The van der Waals surface area contributed by atoms with Gasteiger partial charge in [0.15, 0.2) is 0 Å². The Morgan fingerprint density at radius 1 is 1.18 bits per heavy atom. The fraction of sp³-hybridized carbons (Fsp3) is 0.370. The summed E-state index contributed by atoms with van der Waals surface area (Å²) in [6.07, 6.45) is 3.98. The van der Waals surface area contributed by atoms with Crippen LogP contribution in [-0.4, -0.2) is 32.4 Å². The van der Waals surface area contributed by atoms with Gasteiger partial charge in [0.1, 0.15) is 27.9 Å². The van der Waals surface area contributed by atoms with Gasteiger partial charge in [-0.2, -0.15) is 0 Å². The van der Waals surface area contributed by atoms with Crippen LogP contribution in [0.15, 0.2) is 34.9 Å². The number of carboxylic acid groups (broad SMARTS) is 1. The standard InChI is InChI=1S/C27H23Cl2FN2O5S/c28-17-2-1-3-18(29)22(17)23-16(24(37-32-23)13-4-5-13)12-36-14-6-8-27(35,9-7-14)26-31-20-11-19(30)15(25(33)34)10-21(20)38-26/h1-3,10-11,13-14,35H,4-9,12H2,(H,33,34)/t14-,27+. The predicted molar refractivity (Wildman–Crippen MR) is 141 cm³/mol. The van der Waals surface area contributed by atoms with Gasteiger partial charge in [-0.1, -0.05) is 34.4 Å². The number of fused-ring (bicyclic) bond motifs is 1. The SMILES string of the molecule is O=C(O)c1cc2sc([C@]3(O)CC[C@@H](OCc4c(-c5c(Cl)cccc5Cl)noc4C4CC4)CC3)nc2cc1F. The zero-order chi connectivity index (χ0) is 26.6. The Morgan fingerprint density at radius 2 is 1.89 bits per heavy atom. The maximum atomic E-state index is 14.1. The molecule has 38 heavy (non-hydrogen) atoms. The average Bonchev–Trinajstić information content (AvgIpc) is 3.50. The van der Waals surface area contributed by atoms with E-state index in [1.807, 2.05) is 0 Å². The Balaban J connectivity index is 1.17. The van der Waals surface area contributed by atoms with Gasteiger partial charge in [-0.3, -0.25) is 0 Å². The number of hydrogen-bond donors (Lipinski definition) is 2. The van der Waals surface area contributed by atoms with Gasteiger partial charge in [0.25, 0.3) is 0 Å². The van der Waals surface area contributed by atoms with E-state index in [0.29, 0.717) is 68.1 Å². The van der Waals surface area contributed by atoms with Gasteiger partial charge in [-0.05, 0) is 56.7 Å².